The third kappa shape index (κ3) is 1.70. The summed E-state index contributed by atoms with van der Waals surface area (Å²) in [6.45, 7) is 0. The van der Waals surface area contributed by atoms with E-state index in [1.807, 2.05) is 0 Å². The number of rotatable bonds is 1. The lowest BCUT2D eigenvalue weighted by atomic mass is 9.84. The first-order valence-corrected chi connectivity index (χ1v) is 5.84. The van der Waals surface area contributed by atoms with Gasteiger partial charge in [0.05, 0.1) is 0 Å². The highest BCUT2D eigenvalue weighted by Gasteiger charge is 2.66. The van der Waals surface area contributed by atoms with Crippen molar-refractivity contribution in [3.63, 3.8) is 0 Å². The van der Waals surface area contributed by atoms with Gasteiger partial charge in [-0.3, -0.25) is 4.57 Å². The Labute approximate surface area is 89.4 Å². The number of aliphatic hydroxyl groups is 6. The highest BCUT2D eigenvalue weighted by Crippen LogP contribution is 2.55. The molecule has 0 aromatic rings. The Kier molecular flexibility index (Phi) is 3.48. The van der Waals surface area contributed by atoms with E-state index in [1.165, 1.54) is 0 Å². The van der Waals surface area contributed by atoms with E-state index >= 15 is 0 Å². The monoisotopic (exact) mass is 260 g/mol. The Bertz CT molecular complexity index is 297. The molecule has 0 aromatic heterocycles. The van der Waals surface area contributed by atoms with Crippen LogP contribution in [-0.4, -0.2) is 76.3 Å². The zero-order valence-corrected chi connectivity index (χ0v) is 8.71. The molecule has 0 unspecified atom stereocenters. The van der Waals surface area contributed by atoms with Gasteiger partial charge in [0.1, 0.15) is 30.5 Å². The van der Waals surface area contributed by atoms with Gasteiger partial charge < -0.3 is 40.4 Å². The molecule has 96 valence electrons. The zero-order valence-electron chi connectivity index (χ0n) is 7.82. The summed E-state index contributed by atoms with van der Waals surface area (Å²) in [5, 5.41) is 52.0. The maximum absolute atomic E-state index is 10.9. The molecule has 1 aliphatic rings. The van der Waals surface area contributed by atoms with Crippen LogP contribution in [0, 0.1) is 0 Å². The minimum atomic E-state index is -5.44. The van der Waals surface area contributed by atoms with E-state index in [2.05, 4.69) is 0 Å². The minimum absolute atomic E-state index is 2.03. The quantitative estimate of drug-likeness (QED) is 0.216. The van der Waals surface area contributed by atoms with E-state index in [0.717, 1.165) is 0 Å². The molecule has 10 heteroatoms. The number of hydrogen-bond acceptors (Lipinski definition) is 7. The van der Waals surface area contributed by atoms with Crippen LogP contribution in [0.15, 0.2) is 0 Å². The molecule has 6 atom stereocenters. The Hall–Kier alpha value is -0.0900. The summed E-state index contributed by atoms with van der Waals surface area (Å²) in [5.41, 5.74) is 0. The molecule has 8 N–H and O–H groups in total. The zero-order chi connectivity index (χ0) is 12.9. The lowest BCUT2D eigenvalue weighted by Crippen LogP contribution is -2.70. The Morgan fingerprint density at radius 1 is 0.812 bits per heavy atom. The van der Waals surface area contributed by atoms with Gasteiger partial charge >= 0.3 is 7.60 Å². The fourth-order valence-electron chi connectivity index (χ4n) is 1.60. The van der Waals surface area contributed by atoms with E-state index in [1.54, 1.807) is 0 Å². The SMILES string of the molecule is O=P(O)(O)[C@]1(O)[C@H](O)[C@H](O)[C@@H](O)[C@H](O)[C@H]1O. The minimum Gasteiger partial charge on any atom is -0.387 e. The molecule has 16 heavy (non-hydrogen) atoms. The van der Waals surface area contributed by atoms with Crippen LogP contribution in [-0.2, 0) is 4.57 Å². The molecule has 9 nitrogen and oxygen atoms in total. The van der Waals surface area contributed by atoms with Gasteiger partial charge in [0.25, 0.3) is 0 Å². The van der Waals surface area contributed by atoms with Gasteiger partial charge in [0.2, 0.25) is 5.34 Å². The standard InChI is InChI=1S/C6H13O9P/c7-1-2(8)4(10)6(12,16(13,14)15)5(11)3(1)9/h1-5,7-12H,(H2,13,14,15)/t1-,2-,3+,4-,5-,6-/m1/s1. The summed E-state index contributed by atoms with van der Waals surface area (Å²) in [4.78, 5) is 17.6. The normalized spacial score (nSPS) is 50.4. The molecule has 1 saturated carbocycles. The van der Waals surface area contributed by atoms with Gasteiger partial charge in [0, 0.05) is 0 Å². The Morgan fingerprint density at radius 3 is 1.38 bits per heavy atom. The molecule has 0 bridgehead atoms. The second-order valence-electron chi connectivity index (χ2n) is 3.69. The van der Waals surface area contributed by atoms with Crippen molar-refractivity contribution in [3.8, 4) is 0 Å². The summed E-state index contributed by atoms with van der Waals surface area (Å²) in [6.07, 6.45) is -11.4. The van der Waals surface area contributed by atoms with E-state index < -0.39 is 43.5 Å². The van der Waals surface area contributed by atoms with E-state index in [9.17, 15) is 19.9 Å². The molecule has 0 aliphatic heterocycles. The van der Waals surface area contributed by atoms with Crippen LogP contribution in [0.3, 0.4) is 0 Å². The molecule has 1 rings (SSSR count). The van der Waals surface area contributed by atoms with Gasteiger partial charge in [-0.15, -0.1) is 0 Å². The summed E-state index contributed by atoms with van der Waals surface area (Å²) in [6, 6.07) is 0. The molecule has 0 radical (unpaired) electrons. The first kappa shape index (κ1) is 14.0. The highest BCUT2D eigenvalue weighted by atomic mass is 31.2. The Balaban J connectivity index is 3.24. The van der Waals surface area contributed by atoms with Crippen molar-refractivity contribution >= 4 is 7.60 Å². The molecule has 1 aliphatic carbocycles. The maximum atomic E-state index is 10.9. The molecular formula is C6H13O9P. The van der Waals surface area contributed by atoms with Gasteiger partial charge in [-0.1, -0.05) is 0 Å². The van der Waals surface area contributed by atoms with Crippen molar-refractivity contribution in [2.45, 2.75) is 35.9 Å². The van der Waals surface area contributed by atoms with Crippen molar-refractivity contribution in [2.75, 3.05) is 0 Å². The largest absolute Gasteiger partial charge is 0.387 e. The van der Waals surface area contributed by atoms with Crippen LogP contribution >= 0.6 is 7.60 Å². The summed E-state index contributed by atoms with van der Waals surface area (Å²) in [7, 11) is -5.44. The third-order valence-corrected chi connectivity index (χ3v) is 4.15. The van der Waals surface area contributed by atoms with Crippen molar-refractivity contribution in [2.24, 2.45) is 0 Å². The number of hydrogen-bond donors (Lipinski definition) is 8. The molecule has 0 amide bonds. The fourth-order valence-corrected chi connectivity index (χ4v) is 2.59. The summed E-state index contributed by atoms with van der Waals surface area (Å²) < 4.78 is 10.9. The molecule has 0 saturated heterocycles. The average Bonchev–Trinajstić information content (AvgIpc) is 2.19. The van der Waals surface area contributed by atoms with Crippen LogP contribution < -0.4 is 0 Å². The lowest BCUT2D eigenvalue weighted by Gasteiger charge is -2.47. The van der Waals surface area contributed by atoms with E-state index in [-0.39, 0.29) is 0 Å². The fraction of sp³-hybridized carbons (Fsp3) is 1.00. The van der Waals surface area contributed by atoms with Gasteiger partial charge in [0.15, 0.2) is 0 Å². The smallest absolute Gasteiger partial charge is 0.362 e. The molecule has 0 heterocycles. The first-order chi connectivity index (χ1) is 7.05. The van der Waals surface area contributed by atoms with Gasteiger partial charge in [-0.2, -0.15) is 0 Å². The predicted molar refractivity (Wildman–Crippen MR) is 47.0 cm³/mol. The van der Waals surface area contributed by atoms with Crippen molar-refractivity contribution in [1.29, 1.82) is 0 Å². The molecule has 1 fully saturated rings. The van der Waals surface area contributed by atoms with Gasteiger partial charge in [-0.05, 0) is 0 Å². The second kappa shape index (κ2) is 3.98. The summed E-state index contributed by atoms with van der Waals surface area (Å²) >= 11 is 0. The lowest BCUT2D eigenvalue weighted by molar-refractivity contribution is -0.243. The van der Waals surface area contributed by atoms with Crippen LogP contribution in [0.4, 0.5) is 0 Å². The highest BCUT2D eigenvalue weighted by molar-refractivity contribution is 7.53. The first-order valence-electron chi connectivity index (χ1n) is 4.23. The van der Waals surface area contributed by atoms with Gasteiger partial charge in [-0.25, -0.2) is 0 Å². The van der Waals surface area contributed by atoms with Crippen molar-refractivity contribution < 1.29 is 45.0 Å². The van der Waals surface area contributed by atoms with Crippen LogP contribution in [0.25, 0.3) is 0 Å². The van der Waals surface area contributed by atoms with Crippen LogP contribution in [0.1, 0.15) is 0 Å². The maximum Gasteiger partial charge on any atom is 0.362 e. The molecule has 0 spiro atoms. The van der Waals surface area contributed by atoms with Crippen LogP contribution in [0.5, 0.6) is 0 Å². The third-order valence-electron chi connectivity index (χ3n) is 2.68. The summed E-state index contributed by atoms with van der Waals surface area (Å²) in [5.74, 6) is 0. The molecular weight excluding hydrogens is 247 g/mol. The van der Waals surface area contributed by atoms with Crippen LogP contribution in [0.2, 0.25) is 0 Å². The van der Waals surface area contributed by atoms with E-state index in [0.29, 0.717) is 0 Å². The molecule has 0 aromatic carbocycles. The van der Waals surface area contributed by atoms with Crippen molar-refractivity contribution in [3.05, 3.63) is 0 Å². The van der Waals surface area contributed by atoms with Crippen molar-refractivity contribution in [1.82, 2.24) is 0 Å². The average molecular weight is 260 g/mol. The Morgan fingerprint density at radius 2 is 1.12 bits per heavy atom. The topological polar surface area (TPSA) is 179 Å². The van der Waals surface area contributed by atoms with E-state index in [4.69, 9.17) is 25.1 Å². The number of aliphatic hydroxyl groups excluding tert-OH is 5. The second-order valence-corrected chi connectivity index (χ2v) is 5.49. The predicted octanol–water partition coefficient (Wildman–Crippen LogP) is -4.33.